The van der Waals surface area contributed by atoms with E-state index in [1.807, 2.05) is 30.3 Å². The number of benzene rings is 3. The van der Waals surface area contributed by atoms with Crippen LogP contribution in [0.25, 0.3) is 0 Å². The molecule has 0 spiro atoms. The summed E-state index contributed by atoms with van der Waals surface area (Å²) in [7, 11) is -0.456. The maximum absolute atomic E-state index is 13.2. The zero-order valence-corrected chi connectivity index (χ0v) is 19.6. The zero-order chi connectivity index (χ0) is 23.6. The molecule has 7 nitrogen and oxygen atoms in total. The van der Waals surface area contributed by atoms with Crippen molar-refractivity contribution in [3.63, 3.8) is 0 Å². The maximum atomic E-state index is 13.2. The van der Waals surface area contributed by atoms with Gasteiger partial charge in [-0.15, -0.1) is 0 Å². The number of amides is 1. The molecular formula is C25H26N2O5S. The van der Waals surface area contributed by atoms with Crippen LogP contribution in [-0.2, 0) is 21.2 Å². The number of nitrogens with zero attached hydrogens (tertiary/aromatic N) is 2. The van der Waals surface area contributed by atoms with Gasteiger partial charge in [-0.2, -0.15) is 0 Å². The second-order valence-electron chi connectivity index (χ2n) is 7.83. The number of fused-ring (bicyclic) bond motifs is 1. The molecular weight excluding hydrogens is 440 g/mol. The van der Waals surface area contributed by atoms with Crippen molar-refractivity contribution >= 4 is 27.3 Å². The molecule has 0 N–H and O–H groups in total. The van der Waals surface area contributed by atoms with Crippen molar-refractivity contribution in [2.45, 2.75) is 18.2 Å². The molecule has 0 radical (unpaired) electrons. The molecule has 172 valence electrons. The quantitative estimate of drug-likeness (QED) is 0.530. The molecule has 0 saturated heterocycles. The Morgan fingerprint density at radius 2 is 1.85 bits per heavy atom. The number of methoxy groups -OCH3 is 1. The van der Waals surface area contributed by atoms with Crippen molar-refractivity contribution in [3.05, 3.63) is 77.9 Å². The number of ether oxygens (including phenoxy) is 2. The summed E-state index contributed by atoms with van der Waals surface area (Å²) in [4.78, 5) is 14.3. The fraction of sp³-hybridized carbons (Fsp3) is 0.240. The minimum Gasteiger partial charge on any atom is -0.497 e. The maximum Gasteiger partial charge on any atom is 0.264 e. The van der Waals surface area contributed by atoms with Gasteiger partial charge in [0.15, 0.2) is 6.61 Å². The van der Waals surface area contributed by atoms with E-state index in [2.05, 4.69) is 0 Å². The first kappa shape index (κ1) is 22.7. The summed E-state index contributed by atoms with van der Waals surface area (Å²) in [6.07, 6.45) is 0.693. The van der Waals surface area contributed by atoms with Gasteiger partial charge in [-0.25, -0.2) is 8.42 Å². The van der Waals surface area contributed by atoms with Crippen molar-refractivity contribution < 1.29 is 22.7 Å². The van der Waals surface area contributed by atoms with Gasteiger partial charge in [0.1, 0.15) is 11.5 Å². The number of para-hydroxylation sites is 1. The van der Waals surface area contributed by atoms with E-state index in [1.165, 1.54) is 15.3 Å². The summed E-state index contributed by atoms with van der Waals surface area (Å²) < 4.78 is 38.8. The van der Waals surface area contributed by atoms with Crippen LogP contribution in [0.15, 0.2) is 71.6 Å². The predicted octanol–water partition coefficient (Wildman–Crippen LogP) is 3.80. The van der Waals surface area contributed by atoms with Gasteiger partial charge in [0, 0.05) is 25.3 Å². The van der Waals surface area contributed by atoms with Crippen LogP contribution < -0.4 is 18.7 Å². The second-order valence-corrected chi connectivity index (χ2v) is 9.69. The Kier molecular flexibility index (Phi) is 6.29. The Labute approximate surface area is 194 Å². The molecule has 3 aromatic rings. The topological polar surface area (TPSA) is 76.1 Å². The molecule has 0 atom stereocenters. The van der Waals surface area contributed by atoms with Crippen LogP contribution in [0.2, 0.25) is 0 Å². The van der Waals surface area contributed by atoms with E-state index >= 15 is 0 Å². The number of hydrogen-bond acceptors (Lipinski definition) is 5. The first-order valence-corrected chi connectivity index (χ1v) is 12.0. The van der Waals surface area contributed by atoms with Crippen molar-refractivity contribution in [3.8, 4) is 11.5 Å². The van der Waals surface area contributed by atoms with Crippen LogP contribution in [0.3, 0.4) is 0 Å². The van der Waals surface area contributed by atoms with Gasteiger partial charge < -0.3 is 14.4 Å². The summed E-state index contributed by atoms with van der Waals surface area (Å²) >= 11 is 0. The Bertz CT molecular complexity index is 1290. The number of hydrogen-bond donors (Lipinski definition) is 0. The van der Waals surface area contributed by atoms with Crippen LogP contribution in [0.1, 0.15) is 11.1 Å². The standard InChI is InChI=1S/C25H26N2O5S/c1-18-15-22(33(29,30)27-14-13-19-7-4-5-10-23(19)27)11-12-24(18)32-17-25(28)26(2)20-8-6-9-21(16-20)31-3/h4-12,15-16H,13-14,17H2,1-3H3. The van der Waals surface area contributed by atoms with Crippen LogP contribution in [0.5, 0.6) is 11.5 Å². The van der Waals surface area contributed by atoms with Crippen molar-refractivity contribution in [2.24, 2.45) is 0 Å². The molecule has 1 amide bonds. The molecule has 1 aliphatic heterocycles. The van der Waals surface area contributed by atoms with Crippen LogP contribution in [-0.4, -0.2) is 41.6 Å². The number of rotatable bonds is 7. The lowest BCUT2D eigenvalue weighted by molar-refractivity contribution is -0.120. The highest BCUT2D eigenvalue weighted by Gasteiger charge is 2.30. The number of sulfonamides is 1. The molecule has 0 unspecified atom stereocenters. The van der Waals surface area contributed by atoms with E-state index < -0.39 is 10.0 Å². The number of carbonyl (C=O) groups excluding carboxylic acids is 1. The molecule has 4 rings (SSSR count). The third kappa shape index (κ3) is 4.52. The number of anilines is 2. The summed E-state index contributed by atoms with van der Waals surface area (Å²) in [5.74, 6) is 0.873. The molecule has 1 aliphatic rings. The van der Waals surface area contributed by atoms with Gasteiger partial charge in [-0.3, -0.25) is 9.10 Å². The molecule has 0 saturated carbocycles. The lowest BCUT2D eigenvalue weighted by Crippen LogP contribution is -2.31. The van der Waals surface area contributed by atoms with Crippen LogP contribution in [0.4, 0.5) is 11.4 Å². The molecule has 0 bridgehead atoms. The minimum absolute atomic E-state index is 0.180. The number of likely N-dealkylation sites (N-methyl/N-ethyl adjacent to an activating group) is 1. The summed E-state index contributed by atoms with van der Waals surface area (Å²) in [6, 6.07) is 19.4. The number of carbonyl (C=O) groups is 1. The average Bonchev–Trinajstić information content (AvgIpc) is 3.27. The fourth-order valence-electron chi connectivity index (χ4n) is 3.83. The Balaban J connectivity index is 1.46. The van der Waals surface area contributed by atoms with E-state index in [9.17, 15) is 13.2 Å². The highest BCUT2D eigenvalue weighted by Crippen LogP contribution is 2.33. The van der Waals surface area contributed by atoms with Gasteiger partial charge in [-0.1, -0.05) is 24.3 Å². The van der Waals surface area contributed by atoms with Crippen molar-refractivity contribution in [1.29, 1.82) is 0 Å². The second kappa shape index (κ2) is 9.15. The SMILES string of the molecule is COc1cccc(N(C)C(=O)COc2ccc(S(=O)(=O)N3CCc4ccccc43)cc2C)c1. The number of aryl methyl sites for hydroxylation is 1. The predicted molar refractivity (Wildman–Crippen MR) is 128 cm³/mol. The van der Waals surface area contributed by atoms with Crippen molar-refractivity contribution in [2.75, 3.05) is 36.5 Å². The zero-order valence-electron chi connectivity index (χ0n) is 18.8. The summed E-state index contributed by atoms with van der Waals surface area (Å²) in [6.45, 7) is 2.01. The lowest BCUT2D eigenvalue weighted by atomic mass is 10.2. The Hall–Kier alpha value is -3.52. The van der Waals surface area contributed by atoms with Gasteiger partial charge in [0.25, 0.3) is 15.9 Å². The third-order valence-electron chi connectivity index (χ3n) is 5.74. The normalized spacial score (nSPS) is 12.9. The third-order valence-corrected chi connectivity index (χ3v) is 7.55. The Morgan fingerprint density at radius 1 is 1.06 bits per heavy atom. The van der Waals surface area contributed by atoms with E-state index in [-0.39, 0.29) is 17.4 Å². The van der Waals surface area contributed by atoms with Gasteiger partial charge in [0.05, 0.1) is 17.7 Å². The highest BCUT2D eigenvalue weighted by atomic mass is 32.2. The molecule has 0 fully saturated rings. The summed E-state index contributed by atoms with van der Waals surface area (Å²) in [5, 5.41) is 0. The van der Waals surface area contributed by atoms with E-state index in [1.54, 1.807) is 51.4 Å². The molecule has 0 aromatic heterocycles. The molecule has 1 heterocycles. The van der Waals surface area contributed by atoms with E-state index in [0.717, 1.165) is 11.3 Å². The van der Waals surface area contributed by atoms with Gasteiger partial charge in [0.2, 0.25) is 0 Å². The van der Waals surface area contributed by atoms with Crippen LogP contribution >= 0.6 is 0 Å². The lowest BCUT2D eigenvalue weighted by Gasteiger charge is -2.21. The Morgan fingerprint density at radius 3 is 2.61 bits per heavy atom. The van der Waals surface area contributed by atoms with Gasteiger partial charge >= 0.3 is 0 Å². The minimum atomic E-state index is -3.69. The molecule has 0 aliphatic carbocycles. The smallest absolute Gasteiger partial charge is 0.264 e. The van der Waals surface area contributed by atoms with E-state index in [0.29, 0.717) is 35.7 Å². The van der Waals surface area contributed by atoms with Crippen molar-refractivity contribution in [1.82, 2.24) is 0 Å². The average molecular weight is 467 g/mol. The van der Waals surface area contributed by atoms with Crippen LogP contribution in [0, 0.1) is 6.92 Å². The summed E-state index contributed by atoms with van der Waals surface area (Å²) in [5.41, 5.74) is 3.07. The highest BCUT2D eigenvalue weighted by molar-refractivity contribution is 7.92. The molecule has 8 heteroatoms. The molecule has 33 heavy (non-hydrogen) atoms. The van der Waals surface area contributed by atoms with E-state index in [4.69, 9.17) is 9.47 Å². The molecule has 3 aromatic carbocycles. The fourth-order valence-corrected chi connectivity index (χ4v) is 5.42. The monoisotopic (exact) mass is 466 g/mol. The first-order valence-electron chi connectivity index (χ1n) is 10.6. The van der Waals surface area contributed by atoms with Gasteiger partial charge in [-0.05, 0) is 60.9 Å². The first-order chi connectivity index (χ1) is 15.8. The largest absolute Gasteiger partial charge is 0.497 e.